The second-order valence-electron chi connectivity index (χ2n) is 9.85. The molecule has 3 aliphatic heterocycles. The second-order valence-corrected chi connectivity index (χ2v) is 17.9. The molecule has 0 aromatic carbocycles. The van der Waals surface area contributed by atoms with Crippen molar-refractivity contribution >= 4 is 76.6 Å². The predicted molar refractivity (Wildman–Crippen MR) is 157 cm³/mol. The fourth-order valence-corrected chi connectivity index (χ4v) is 8.58. The molecule has 3 aliphatic rings. The largest absolute Gasteiger partial charge is 0.369 e. The van der Waals surface area contributed by atoms with E-state index >= 15 is 4.39 Å². The highest BCUT2D eigenvalue weighted by atomic mass is 32.9. The minimum absolute atomic E-state index is 0.0104. The van der Waals surface area contributed by atoms with Crippen LogP contribution in [0.3, 0.4) is 0 Å². The van der Waals surface area contributed by atoms with Crippen LogP contribution in [-0.4, -0.2) is 93.2 Å². The average Bonchev–Trinajstić information content (AvgIpc) is 3.72. The molecule has 7 heterocycles. The van der Waals surface area contributed by atoms with Crippen molar-refractivity contribution in [3.8, 4) is 0 Å². The van der Waals surface area contributed by atoms with Crippen molar-refractivity contribution < 1.29 is 36.9 Å². The molecule has 0 saturated carbocycles. The number of rotatable bonds is 2. The molecular formula is C19H21FN10O9P2S3. The molecule has 44 heavy (non-hydrogen) atoms. The van der Waals surface area contributed by atoms with E-state index in [9.17, 15) is 14.5 Å². The number of alkyl halides is 1. The Morgan fingerprint density at radius 2 is 1.89 bits per heavy atom. The number of hydrogen-bond donors (Lipinski definition) is 5. The molecule has 5 N–H and O–H groups in total. The van der Waals surface area contributed by atoms with Gasteiger partial charge in [-0.15, -0.1) is 5.10 Å². The fraction of sp³-hybridized carbons (Fsp3) is 0.526. The molecule has 0 aliphatic carbocycles. The van der Waals surface area contributed by atoms with Crippen molar-refractivity contribution in [3.63, 3.8) is 0 Å². The number of nitrogens with two attached hydrogens (primary N) is 1. The van der Waals surface area contributed by atoms with Crippen molar-refractivity contribution in [3.05, 3.63) is 33.4 Å². The molecule has 0 spiro atoms. The Morgan fingerprint density at radius 1 is 1.07 bits per heavy atom. The highest BCUT2D eigenvalue weighted by molar-refractivity contribution is 8.60. The molecule has 7 rings (SSSR count). The summed E-state index contributed by atoms with van der Waals surface area (Å²) in [5.41, 5.74) is 1.12. The summed E-state index contributed by atoms with van der Waals surface area (Å²) in [5.74, 6) is -0.139. The quantitative estimate of drug-likeness (QED) is 0.135. The smallest absolute Gasteiger partial charge is 0.325 e. The molecule has 4 aromatic rings. The number of hydrogen-bond acceptors (Lipinski definition) is 16. The third-order valence-corrected chi connectivity index (χ3v) is 10.8. The number of imidazole rings is 1. The number of nitrogens with zero attached hydrogens (tertiary/aromatic N) is 7. The maximum absolute atomic E-state index is 16.0. The molecule has 3 fully saturated rings. The van der Waals surface area contributed by atoms with Gasteiger partial charge < -0.3 is 38.7 Å². The third kappa shape index (κ3) is 5.54. The highest BCUT2D eigenvalue weighted by Crippen LogP contribution is 2.58. The number of anilines is 1. The zero-order valence-electron chi connectivity index (χ0n) is 21.8. The van der Waals surface area contributed by atoms with E-state index in [2.05, 4.69) is 47.5 Å². The van der Waals surface area contributed by atoms with Crippen LogP contribution < -0.4 is 16.9 Å². The normalized spacial score (nSPS) is 36.6. The van der Waals surface area contributed by atoms with Crippen LogP contribution in [0.15, 0.2) is 22.2 Å². The van der Waals surface area contributed by atoms with Gasteiger partial charge in [0.15, 0.2) is 41.0 Å². The van der Waals surface area contributed by atoms with Gasteiger partial charge in [-0.25, -0.2) is 14.4 Å². The summed E-state index contributed by atoms with van der Waals surface area (Å²) in [4.78, 5) is 52.4. The van der Waals surface area contributed by atoms with Crippen LogP contribution in [0.5, 0.6) is 0 Å². The van der Waals surface area contributed by atoms with Gasteiger partial charge >= 0.3 is 6.72 Å². The van der Waals surface area contributed by atoms with Gasteiger partial charge in [0.05, 0.1) is 32.0 Å². The van der Waals surface area contributed by atoms with Gasteiger partial charge in [0, 0.05) is 6.42 Å². The Morgan fingerprint density at radius 3 is 2.70 bits per heavy atom. The van der Waals surface area contributed by atoms with E-state index in [1.54, 1.807) is 0 Å². The van der Waals surface area contributed by atoms with E-state index in [1.807, 2.05) is 0 Å². The van der Waals surface area contributed by atoms with Gasteiger partial charge in [0.1, 0.15) is 18.3 Å². The van der Waals surface area contributed by atoms with Crippen molar-refractivity contribution in [2.45, 2.75) is 49.5 Å². The van der Waals surface area contributed by atoms with Gasteiger partial charge in [0.2, 0.25) is 11.6 Å². The Kier molecular flexibility index (Phi) is 7.74. The average molecular weight is 711 g/mol. The molecule has 0 radical (unpaired) electrons. The summed E-state index contributed by atoms with van der Waals surface area (Å²) in [6, 6.07) is 0. The number of nitrogens with one attached hydrogen (secondary N) is 2. The minimum atomic E-state index is -4.12. The summed E-state index contributed by atoms with van der Waals surface area (Å²) < 4.78 is 53.6. The van der Waals surface area contributed by atoms with E-state index < -0.39 is 73.2 Å². The van der Waals surface area contributed by atoms with E-state index in [0.717, 1.165) is 11.0 Å². The van der Waals surface area contributed by atoms with Crippen LogP contribution in [-0.2, 0) is 51.2 Å². The minimum Gasteiger partial charge on any atom is -0.369 e. The first-order chi connectivity index (χ1) is 20.9. The molecule has 3 saturated heterocycles. The van der Waals surface area contributed by atoms with Crippen LogP contribution in [0.25, 0.3) is 22.3 Å². The fourth-order valence-electron chi connectivity index (χ4n) is 5.12. The number of ether oxygens (including phenoxy) is 2. The molecule has 25 heteroatoms. The van der Waals surface area contributed by atoms with Crippen molar-refractivity contribution in [1.82, 2.24) is 44.5 Å². The lowest BCUT2D eigenvalue weighted by Gasteiger charge is -2.28. The van der Waals surface area contributed by atoms with Crippen molar-refractivity contribution in [2.24, 2.45) is 0 Å². The number of thiol groups is 1. The lowest BCUT2D eigenvalue weighted by molar-refractivity contribution is -0.0570. The van der Waals surface area contributed by atoms with Gasteiger partial charge in [-0.1, -0.05) is 17.5 Å². The van der Waals surface area contributed by atoms with Crippen molar-refractivity contribution in [2.75, 3.05) is 18.9 Å². The van der Waals surface area contributed by atoms with E-state index in [4.69, 9.17) is 56.9 Å². The zero-order valence-corrected chi connectivity index (χ0v) is 26.1. The maximum atomic E-state index is 16.0. The number of aromatic nitrogens is 9. The Bertz CT molecular complexity index is 1980. The number of fused-ring (bicyclic) bond motifs is 5. The standard InChI is InChI=1S/C19H21FN10O9P2S3/c20-9-12-8(37-18(9)30-13-11(27-28-30)15(31)23-4-22-13)3-35-41(43,44)38-7-1-6(2-34-40(33,42)39-12)36-17(7)29-5-24-10-14(29)25-19(21)26-16(10)32/h4-9,12,17-18H,1-3H2,(H,33,42)(H,43,44)(H,22,23,31)(H3,21,25,26,32)/t6-,7+,8+,9-,12+,17+,18+,40?/m0/s1. The molecule has 2 unspecified atom stereocenters. The summed E-state index contributed by atoms with van der Waals surface area (Å²) in [6.07, 6.45) is -6.21. The number of nitrogen functional groups attached to an aromatic ring is 1. The summed E-state index contributed by atoms with van der Waals surface area (Å²) in [7, 11) is 0. The molecule has 9 atom stereocenters. The topological polar surface area (TPSA) is 242 Å². The number of aromatic amines is 2. The Labute approximate surface area is 259 Å². The Hall–Kier alpha value is -2.27. The first kappa shape index (κ1) is 30.4. The van der Waals surface area contributed by atoms with Crippen LogP contribution in [0.1, 0.15) is 18.9 Å². The summed E-state index contributed by atoms with van der Waals surface area (Å²) in [5, 5.41) is 7.59. The van der Waals surface area contributed by atoms with Crippen LogP contribution in [0, 0.1) is 0 Å². The summed E-state index contributed by atoms with van der Waals surface area (Å²) >= 11 is 15.2. The molecule has 0 amide bonds. The van der Waals surface area contributed by atoms with Gasteiger partial charge in [-0.2, -0.15) is 9.67 Å². The van der Waals surface area contributed by atoms with Gasteiger partial charge in [0.25, 0.3) is 11.1 Å². The van der Waals surface area contributed by atoms with Gasteiger partial charge in [-0.05, 0) is 23.6 Å². The summed E-state index contributed by atoms with van der Waals surface area (Å²) in [6.45, 7) is -4.83. The van der Waals surface area contributed by atoms with E-state index in [-0.39, 0.29) is 41.3 Å². The monoisotopic (exact) mass is 710 g/mol. The Balaban J connectivity index is 1.19. The van der Waals surface area contributed by atoms with E-state index in [0.29, 0.717) is 0 Å². The zero-order chi connectivity index (χ0) is 31.0. The highest BCUT2D eigenvalue weighted by Gasteiger charge is 2.52. The van der Waals surface area contributed by atoms with Crippen LogP contribution in [0.4, 0.5) is 10.3 Å². The molecule has 2 bridgehead atoms. The van der Waals surface area contributed by atoms with E-state index in [1.165, 1.54) is 10.9 Å². The SMILES string of the molecule is Nc1nc2c(ncn2[C@@H]2O[C@@H]3COP(O)(=S)O[C@H]4[C@H](F)[C@H](n5nnc6c(=O)[nH]cnc65)O[C@@H]4COP(=S)(S)O[C@@H]2C3)c(=O)[nH]1. The van der Waals surface area contributed by atoms with Crippen LogP contribution in [0.2, 0.25) is 0 Å². The third-order valence-electron chi connectivity index (χ3n) is 6.99. The lowest BCUT2D eigenvalue weighted by Crippen LogP contribution is -2.34. The van der Waals surface area contributed by atoms with Gasteiger partial charge in [-0.3, -0.25) is 23.7 Å². The first-order valence-corrected chi connectivity index (χ1v) is 19.0. The number of halogens is 1. The molecular weight excluding hydrogens is 689 g/mol. The lowest BCUT2D eigenvalue weighted by atomic mass is 10.1. The van der Waals surface area contributed by atoms with Crippen LogP contribution >= 0.6 is 24.7 Å². The number of H-pyrrole nitrogens is 2. The molecule has 236 valence electrons. The first-order valence-electron chi connectivity index (χ1n) is 12.7. The second kappa shape index (κ2) is 11.2. The molecule has 4 aromatic heterocycles. The predicted octanol–water partition coefficient (Wildman–Crippen LogP) is -0.0587. The molecule has 19 nitrogen and oxygen atoms in total. The maximum Gasteiger partial charge on any atom is 0.325 e. The van der Waals surface area contributed by atoms with Crippen molar-refractivity contribution in [1.29, 1.82) is 0 Å².